The number of halogens is 3. The van der Waals surface area contributed by atoms with E-state index in [2.05, 4.69) is 11.7 Å². The van der Waals surface area contributed by atoms with Gasteiger partial charge in [0.15, 0.2) is 0 Å². The summed E-state index contributed by atoms with van der Waals surface area (Å²) in [6.45, 7) is 3.74. The predicted octanol–water partition coefficient (Wildman–Crippen LogP) is 2.58. The molecule has 2 unspecified atom stereocenters. The zero-order valence-corrected chi connectivity index (χ0v) is 9.31. The molecule has 2 nitrogen and oxygen atoms in total. The molecule has 0 aliphatic rings. The van der Waals surface area contributed by atoms with E-state index < -0.39 is 12.8 Å². The van der Waals surface area contributed by atoms with Crippen LogP contribution in [0, 0.1) is 11.8 Å². The van der Waals surface area contributed by atoms with Gasteiger partial charge in [0.25, 0.3) is 0 Å². The molecule has 0 rings (SSSR count). The molecule has 2 atom stereocenters. The average molecular weight is 227 g/mol. The summed E-state index contributed by atoms with van der Waals surface area (Å²) in [5, 5.41) is 0. The van der Waals surface area contributed by atoms with Crippen LogP contribution in [0.4, 0.5) is 13.2 Å². The Morgan fingerprint density at radius 1 is 1.20 bits per heavy atom. The summed E-state index contributed by atoms with van der Waals surface area (Å²) in [4.78, 5) is 0. The normalized spacial score (nSPS) is 16.4. The molecule has 0 bridgehead atoms. The summed E-state index contributed by atoms with van der Waals surface area (Å²) in [7, 11) is 0. The van der Waals surface area contributed by atoms with E-state index in [4.69, 9.17) is 5.73 Å². The van der Waals surface area contributed by atoms with Crippen LogP contribution in [0.1, 0.15) is 26.7 Å². The maximum Gasteiger partial charge on any atom is 0.411 e. The van der Waals surface area contributed by atoms with Gasteiger partial charge in [-0.25, -0.2) is 0 Å². The van der Waals surface area contributed by atoms with Crippen LogP contribution < -0.4 is 5.73 Å². The first-order chi connectivity index (χ1) is 6.87. The van der Waals surface area contributed by atoms with Crippen LogP contribution in [0.5, 0.6) is 0 Å². The molecule has 0 aromatic heterocycles. The molecular formula is C10H20F3NO. The van der Waals surface area contributed by atoms with Crippen LogP contribution in [0.15, 0.2) is 0 Å². The molecule has 92 valence electrons. The van der Waals surface area contributed by atoms with Crippen molar-refractivity contribution < 1.29 is 17.9 Å². The van der Waals surface area contributed by atoms with Crippen molar-refractivity contribution in [2.24, 2.45) is 17.6 Å². The summed E-state index contributed by atoms with van der Waals surface area (Å²) in [6.07, 6.45) is -2.70. The first kappa shape index (κ1) is 14.7. The quantitative estimate of drug-likeness (QED) is 0.678. The molecule has 0 saturated heterocycles. The SMILES string of the molecule is CC(CN)C(C)CCCOCC(F)(F)F. The molecule has 0 aromatic rings. The second kappa shape index (κ2) is 7.06. The van der Waals surface area contributed by atoms with Crippen LogP contribution in [0.3, 0.4) is 0 Å². The van der Waals surface area contributed by atoms with Crippen molar-refractivity contribution in [1.82, 2.24) is 0 Å². The van der Waals surface area contributed by atoms with Crippen molar-refractivity contribution in [3.8, 4) is 0 Å². The van der Waals surface area contributed by atoms with E-state index in [1.165, 1.54) is 0 Å². The fourth-order valence-corrected chi connectivity index (χ4v) is 1.21. The molecule has 0 radical (unpaired) electrons. The van der Waals surface area contributed by atoms with Crippen molar-refractivity contribution >= 4 is 0 Å². The molecule has 0 aliphatic carbocycles. The highest BCUT2D eigenvalue weighted by Crippen LogP contribution is 2.17. The van der Waals surface area contributed by atoms with Gasteiger partial charge in [0, 0.05) is 6.61 Å². The van der Waals surface area contributed by atoms with Gasteiger partial charge in [-0.2, -0.15) is 13.2 Å². The van der Waals surface area contributed by atoms with Gasteiger partial charge in [0.2, 0.25) is 0 Å². The van der Waals surface area contributed by atoms with Gasteiger partial charge in [-0.1, -0.05) is 13.8 Å². The molecule has 0 saturated carbocycles. The maximum absolute atomic E-state index is 11.7. The third kappa shape index (κ3) is 8.69. The van der Waals surface area contributed by atoms with Crippen LogP contribution in [0.2, 0.25) is 0 Å². The third-order valence-corrected chi connectivity index (χ3v) is 2.56. The van der Waals surface area contributed by atoms with Crippen LogP contribution in [0.25, 0.3) is 0 Å². The first-order valence-electron chi connectivity index (χ1n) is 5.21. The topological polar surface area (TPSA) is 35.2 Å². The summed E-state index contributed by atoms with van der Waals surface area (Å²) < 4.78 is 39.6. The highest BCUT2D eigenvalue weighted by Gasteiger charge is 2.27. The predicted molar refractivity (Wildman–Crippen MR) is 53.5 cm³/mol. The Morgan fingerprint density at radius 2 is 1.80 bits per heavy atom. The number of ether oxygens (including phenoxy) is 1. The highest BCUT2D eigenvalue weighted by molar-refractivity contribution is 4.62. The average Bonchev–Trinajstić information content (AvgIpc) is 2.14. The van der Waals surface area contributed by atoms with Crippen molar-refractivity contribution in [2.75, 3.05) is 19.8 Å². The second-order valence-electron chi connectivity index (χ2n) is 4.00. The van der Waals surface area contributed by atoms with Gasteiger partial charge < -0.3 is 10.5 Å². The van der Waals surface area contributed by atoms with E-state index in [1.807, 2.05) is 6.92 Å². The Kier molecular flexibility index (Phi) is 6.92. The number of nitrogens with two attached hydrogens (primary N) is 1. The number of alkyl halides is 3. The fourth-order valence-electron chi connectivity index (χ4n) is 1.21. The van der Waals surface area contributed by atoms with E-state index in [0.717, 1.165) is 6.42 Å². The smallest absolute Gasteiger partial charge is 0.372 e. The Bertz CT molecular complexity index is 161. The first-order valence-corrected chi connectivity index (χ1v) is 5.21. The number of hydrogen-bond donors (Lipinski definition) is 1. The van der Waals surface area contributed by atoms with Gasteiger partial charge in [-0.05, 0) is 31.2 Å². The van der Waals surface area contributed by atoms with Gasteiger partial charge >= 0.3 is 6.18 Å². The molecule has 0 fully saturated rings. The van der Waals surface area contributed by atoms with Gasteiger partial charge in [-0.3, -0.25) is 0 Å². The lowest BCUT2D eigenvalue weighted by Crippen LogP contribution is -2.20. The largest absolute Gasteiger partial charge is 0.411 e. The molecule has 0 aromatic carbocycles. The summed E-state index contributed by atoms with van der Waals surface area (Å²) in [5.74, 6) is 0.845. The van der Waals surface area contributed by atoms with Crippen LogP contribution in [-0.4, -0.2) is 25.9 Å². The minimum Gasteiger partial charge on any atom is -0.372 e. The number of hydrogen-bond acceptors (Lipinski definition) is 2. The minimum atomic E-state index is -4.21. The lowest BCUT2D eigenvalue weighted by molar-refractivity contribution is -0.174. The minimum absolute atomic E-state index is 0.168. The van der Waals surface area contributed by atoms with E-state index >= 15 is 0 Å². The molecular weight excluding hydrogens is 207 g/mol. The molecule has 2 N–H and O–H groups in total. The summed E-state index contributed by atoms with van der Waals surface area (Å²) in [5.41, 5.74) is 5.48. The number of rotatable bonds is 7. The Labute approximate surface area is 89.0 Å². The zero-order chi connectivity index (χ0) is 11.9. The molecule has 15 heavy (non-hydrogen) atoms. The lowest BCUT2D eigenvalue weighted by Gasteiger charge is -2.17. The maximum atomic E-state index is 11.7. The van der Waals surface area contributed by atoms with Crippen molar-refractivity contribution in [1.29, 1.82) is 0 Å². The van der Waals surface area contributed by atoms with Gasteiger partial charge in [0.05, 0.1) is 0 Å². The Hall–Kier alpha value is -0.290. The lowest BCUT2D eigenvalue weighted by atomic mass is 9.92. The van der Waals surface area contributed by atoms with Crippen LogP contribution >= 0.6 is 0 Å². The van der Waals surface area contributed by atoms with Crippen molar-refractivity contribution in [3.63, 3.8) is 0 Å². The fraction of sp³-hybridized carbons (Fsp3) is 1.00. The molecule has 5 heteroatoms. The van der Waals surface area contributed by atoms with E-state index in [0.29, 0.717) is 24.8 Å². The van der Waals surface area contributed by atoms with Crippen molar-refractivity contribution in [2.45, 2.75) is 32.9 Å². The highest BCUT2D eigenvalue weighted by atomic mass is 19.4. The summed E-state index contributed by atoms with van der Waals surface area (Å²) in [6, 6.07) is 0. The van der Waals surface area contributed by atoms with E-state index in [-0.39, 0.29) is 6.61 Å². The second-order valence-corrected chi connectivity index (χ2v) is 4.00. The monoisotopic (exact) mass is 227 g/mol. The molecule has 0 amide bonds. The van der Waals surface area contributed by atoms with Gasteiger partial charge in [-0.15, -0.1) is 0 Å². The summed E-state index contributed by atoms with van der Waals surface area (Å²) >= 11 is 0. The molecule has 0 heterocycles. The van der Waals surface area contributed by atoms with E-state index in [1.54, 1.807) is 0 Å². The van der Waals surface area contributed by atoms with Gasteiger partial charge in [0.1, 0.15) is 6.61 Å². The Morgan fingerprint density at radius 3 is 2.27 bits per heavy atom. The molecule has 0 aliphatic heterocycles. The third-order valence-electron chi connectivity index (χ3n) is 2.56. The van der Waals surface area contributed by atoms with E-state index in [9.17, 15) is 13.2 Å². The molecule has 0 spiro atoms. The standard InChI is InChI=1S/C10H20F3NO/c1-8(9(2)6-14)4-3-5-15-7-10(11,12)13/h8-9H,3-7,14H2,1-2H3. The Balaban J connectivity index is 3.39. The van der Waals surface area contributed by atoms with Crippen LogP contribution in [-0.2, 0) is 4.74 Å². The van der Waals surface area contributed by atoms with Crippen molar-refractivity contribution in [3.05, 3.63) is 0 Å². The zero-order valence-electron chi connectivity index (χ0n) is 9.31.